The number of carbonyl (C=O) groups is 1. The van der Waals surface area contributed by atoms with Crippen LogP contribution in [0.3, 0.4) is 0 Å². The molecule has 0 rings (SSSR count). The maximum Gasteiger partial charge on any atom is 0.313 e. The second-order valence-electron chi connectivity index (χ2n) is 2.29. The second kappa shape index (κ2) is 12.9. The van der Waals surface area contributed by atoms with Gasteiger partial charge in [-0.05, 0) is 23.2 Å². The lowest BCUT2D eigenvalue weighted by atomic mass is 10.2. The van der Waals surface area contributed by atoms with Crippen LogP contribution >= 0.6 is 23.2 Å². The minimum atomic E-state index is -0.889. The molecule has 0 bridgehead atoms. The topological polar surface area (TPSA) is 17.1 Å². The van der Waals surface area contributed by atoms with Crippen molar-refractivity contribution in [3.05, 3.63) is 0 Å². The minimum absolute atomic E-state index is 0.889. The average Bonchev–Trinajstić information content (AvgIpc) is 1.88. The van der Waals surface area contributed by atoms with E-state index in [1.807, 2.05) is 0 Å². The monoisotopic (exact) mass is 198 g/mol. The molecular weight excluding hydrogens is 183 g/mol. The maximum absolute atomic E-state index is 8.98. The first-order chi connectivity index (χ1) is 5.15. The van der Waals surface area contributed by atoms with E-state index in [1.165, 1.54) is 32.1 Å². The zero-order chi connectivity index (χ0) is 9.11. The predicted molar refractivity (Wildman–Crippen MR) is 51.5 cm³/mol. The molecule has 3 heteroatoms. The highest BCUT2D eigenvalue weighted by molar-refractivity contribution is 6.93. The number of rotatable bonds is 4. The molecule has 0 aliphatic carbocycles. The van der Waals surface area contributed by atoms with Crippen LogP contribution in [0.5, 0.6) is 0 Å². The Hall–Kier alpha value is 0.250. The van der Waals surface area contributed by atoms with E-state index in [2.05, 4.69) is 37.0 Å². The van der Waals surface area contributed by atoms with Gasteiger partial charge in [0.2, 0.25) is 0 Å². The van der Waals surface area contributed by atoms with Crippen LogP contribution in [-0.2, 0) is 0 Å². The molecular formula is C8H16Cl2O. The third-order valence-corrected chi connectivity index (χ3v) is 1.21. The summed E-state index contributed by atoms with van der Waals surface area (Å²) >= 11 is 8.80. The van der Waals surface area contributed by atoms with E-state index in [-0.39, 0.29) is 0 Å². The van der Waals surface area contributed by atoms with Crippen molar-refractivity contribution in [2.75, 3.05) is 0 Å². The molecule has 11 heavy (non-hydrogen) atoms. The van der Waals surface area contributed by atoms with Crippen molar-refractivity contribution in [3.8, 4) is 0 Å². The lowest BCUT2D eigenvalue weighted by Crippen LogP contribution is -1.70. The molecule has 68 valence electrons. The number of unbranched alkanes of at least 4 members (excludes halogenated alkanes) is 4. The fraction of sp³-hybridized carbons (Fsp3) is 0.875. The van der Waals surface area contributed by atoms with Crippen LogP contribution in [0.1, 0.15) is 46.0 Å². The van der Waals surface area contributed by atoms with Crippen molar-refractivity contribution < 1.29 is 4.79 Å². The molecule has 0 aliphatic heterocycles. The van der Waals surface area contributed by atoms with Crippen molar-refractivity contribution in [3.63, 3.8) is 0 Å². The molecule has 0 aromatic carbocycles. The van der Waals surface area contributed by atoms with Crippen LogP contribution in [0.4, 0.5) is 4.79 Å². The number of halogens is 2. The summed E-state index contributed by atoms with van der Waals surface area (Å²) in [5, 5.41) is 0. The Morgan fingerprint density at radius 1 is 1.00 bits per heavy atom. The predicted octanol–water partition coefficient (Wildman–Crippen LogP) is 4.56. The Kier molecular flexibility index (Phi) is 16.2. The van der Waals surface area contributed by atoms with Gasteiger partial charge in [0.25, 0.3) is 0 Å². The molecule has 0 fully saturated rings. The Morgan fingerprint density at radius 3 is 1.45 bits per heavy atom. The maximum atomic E-state index is 8.98. The van der Waals surface area contributed by atoms with Crippen molar-refractivity contribution in [1.29, 1.82) is 0 Å². The molecule has 0 atom stereocenters. The lowest BCUT2D eigenvalue weighted by molar-refractivity contribution is 0.275. The summed E-state index contributed by atoms with van der Waals surface area (Å²) in [6.45, 7) is 4.49. The highest BCUT2D eigenvalue weighted by atomic mass is 35.5. The highest BCUT2D eigenvalue weighted by Gasteiger charge is 1.80. The van der Waals surface area contributed by atoms with Gasteiger partial charge >= 0.3 is 4.70 Å². The minimum Gasteiger partial charge on any atom is -0.262 e. The molecule has 0 aromatic heterocycles. The molecule has 0 unspecified atom stereocenters. The molecule has 0 saturated carbocycles. The lowest BCUT2D eigenvalue weighted by Gasteiger charge is -1.90. The van der Waals surface area contributed by atoms with Crippen LogP contribution in [-0.4, -0.2) is 4.70 Å². The molecule has 0 saturated heterocycles. The van der Waals surface area contributed by atoms with Crippen LogP contribution in [0.2, 0.25) is 0 Å². The van der Waals surface area contributed by atoms with E-state index in [1.54, 1.807) is 0 Å². The van der Waals surface area contributed by atoms with Crippen LogP contribution < -0.4 is 0 Å². The molecule has 0 radical (unpaired) electrons. The van der Waals surface area contributed by atoms with Gasteiger partial charge in [-0.1, -0.05) is 46.0 Å². The summed E-state index contributed by atoms with van der Waals surface area (Å²) in [7, 11) is 0. The van der Waals surface area contributed by atoms with Gasteiger partial charge in [-0.15, -0.1) is 0 Å². The van der Waals surface area contributed by atoms with Crippen molar-refractivity contribution in [2.24, 2.45) is 0 Å². The summed E-state index contributed by atoms with van der Waals surface area (Å²) in [5.41, 5.74) is 0. The van der Waals surface area contributed by atoms with Gasteiger partial charge < -0.3 is 0 Å². The van der Waals surface area contributed by atoms with Crippen molar-refractivity contribution in [1.82, 2.24) is 0 Å². The molecule has 0 spiro atoms. The fourth-order valence-corrected chi connectivity index (χ4v) is 0.677. The van der Waals surface area contributed by atoms with E-state index >= 15 is 0 Å². The first-order valence-electron chi connectivity index (χ1n) is 4.00. The van der Waals surface area contributed by atoms with Gasteiger partial charge in [0.05, 0.1) is 0 Å². The molecule has 0 aliphatic rings. The summed E-state index contributed by atoms with van der Waals surface area (Å²) in [4.78, 5) is 8.98. The molecule has 0 heterocycles. The van der Waals surface area contributed by atoms with Crippen LogP contribution in [0, 0.1) is 0 Å². The van der Waals surface area contributed by atoms with E-state index in [0.29, 0.717) is 0 Å². The zero-order valence-electron chi connectivity index (χ0n) is 7.20. The van der Waals surface area contributed by atoms with Crippen LogP contribution in [0.25, 0.3) is 0 Å². The Balaban J connectivity index is 0. The van der Waals surface area contributed by atoms with Gasteiger partial charge in [0.1, 0.15) is 0 Å². The third kappa shape index (κ3) is 38.6. The summed E-state index contributed by atoms with van der Waals surface area (Å²) in [6.07, 6.45) is 7.01. The van der Waals surface area contributed by atoms with Gasteiger partial charge in [-0.3, -0.25) is 4.79 Å². The molecule has 0 N–H and O–H groups in total. The van der Waals surface area contributed by atoms with E-state index in [4.69, 9.17) is 4.79 Å². The summed E-state index contributed by atoms with van der Waals surface area (Å²) < 4.78 is -0.889. The first-order valence-corrected chi connectivity index (χ1v) is 4.75. The first kappa shape index (κ1) is 13.8. The quantitative estimate of drug-likeness (QED) is 0.479. The highest BCUT2D eigenvalue weighted by Crippen LogP contribution is 2.00. The SMILES string of the molecule is CCCCCCC.O=C(Cl)Cl. The van der Waals surface area contributed by atoms with E-state index in [9.17, 15) is 0 Å². The molecule has 0 amide bonds. The number of carbonyl (C=O) groups excluding carboxylic acids is 1. The summed E-state index contributed by atoms with van der Waals surface area (Å²) in [5.74, 6) is 0. The van der Waals surface area contributed by atoms with E-state index in [0.717, 1.165) is 0 Å². The van der Waals surface area contributed by atoms with Crippen molar-refractivity contribution in [2.45, 2.75) is 46.0 Å². The number of hydrogen-bond donors (Lipinski definition) is 0. The van der Waals surface area contributed by atoms with Crippen LogP contribution in [0.15, 0.2) is 0 Å². The Morgan fingerprint density at radius 2 is 1.27 bits per heavy atom. The fourth-order valence-electron chi connectivity index (χ4n) is 0.677. The smallest absolute Gasteiger partial charge is 0.262 e. The Labute approximate surface area is 79.1 Å². The van der Waals surface area contributed by atoms with Gasteiger partial charge in [-0.25, -0.2) is 0 Å². The Bertz CT molecular complexity index is 76.2. The normalized spacial score (nSPS) is 8.36. The molecule has 1 nitrogen and oxygen atoms in total. The van der Waals surface area contributed by atoms with Gasteiger partial charge in [0, 0.05) is 0 Å². The van der Waals surface area contributed by atoms with Gasteiger partial charge in [-0.2, -0.15) is 0 Å². The second-order valence-corrected chi connectivity index (χ2v) is 3.17. The standard InChI is InChI=1S/C7H16.CCl2O/c1-3-5-7-6-4-2;2-1(3)4/h3-7H2,1-2H3;. The van der Waals surface area contributed by atoms with E-state index < -0.39 is 4.70 Å². The third-order valence-electron chi connectivity index (χ3n) is 1.21. The average molecular weight is 199 g/mol. The zero-order valence-corrected chi connectivity index (χ0v) is 8.71. The largest absolute Gasteiger partial charge is 0.313 e. The van der Waals surface area contributed by atoms with Gasteiger partial charge in [0.15, 0.2) is 0 Å². The summed E-state index contributed by atoms with van der Waals surface area (Å²) in [6, 6.07) is 0. The molecule has 0 aromatic rings. The number of hydrogen-bond acceptors (Lipinski definition) is 1. The van der Waals surface area contributed by atoms with Crippen molar-refractivity contribution >= 4 is 27.9 Å².